The molecule has 0 aliphatic carbocycles. The number of nitrogens with zero attached hydrogens (tertiary/aromatic N) is 1. The van der Waals surface area contributed by atoms with E-state index in [1.807, 2.05) is 0 Å². The first-order valence-electron chi connectivity index (χ1n) is 7.29. The van der Waals surface area contributed by atoms with E-state index in [1.54, 1.807) is 0 Å². The molecule has 0 aromatic heterocycles. The van der Waals surface area contributed by atoms with Crippen molar-refractivity contribution in [3.8, 4) is 0 Å². The van der Waals surface area contributed by atoms with Crippen LogP contribution in [-0.4, -0.2) is 49.2 Å². The molecule has 3 saturated heterocycles. The zero-order chi connectivity index (χ0) is 12.7. The number of fused-ring (bicyclic) bond motifs is 1. The van der Waals surface area contributed by atoms with Gasteiger partial charge in [0.2, 0.25) is 5.91 Å². The van der Waals surface area contributed by atoms with Gasteiger partial charge < -0.3 is 15.0 Å². The minimum absolute atomic E-state index is 0.181. The molecule has 3 aliphatic heterocycles. The van der Waals surface area contributed by atoms with Crippen molar-refractivity contribution in [2.24, 2.45) is 17.8 Å². The third kappa shape index (κ3) is 1.95. The molecule has 5 atom stereocenters. The van der Waals surface area contributed by atoms with Gasteiger partial charge in [0.1, 0.15) is 0 Å². The number of carbonyl (C=O) groups is 1. The predicted molar refractivity (Wildman–Crippen MR) is 69.2 cm³/mol. The van der Waals surface area contributed by atoms with Gasteiger partial charge in [-0.25, -0.2) is 0 Å². The minimum Gasteiger partial charge on any atom is -0.381 e. The van der Waals surface area contributed by atoms with Crippen LogP contribution in [0.3, 0.4) is 0 Å². The zero-order valence-electron chi connectivity index (χ0n) is 11.4. The highest BCUT2D eigenvalue weighted by Gasteiger charge is 2.46. The number of hydrogen-bond acceptors (Lipinski definition) is 3. The zero-order valence-corrected chi connectivity index (χ0v) is 11.4. The number of ether oxygens (including phenoxy) is 1. The number of nitrogens with one attached hydrogen (secondary N) is 1. The Morgan fingerprint density at radius 1 is 1.33 bits per heavy atom. The van der Waals surface area contributed by atoms with E-state index < -0.39 is 0 Å². The average Bonchev–Trinajstić information content (AvgIpc) is 2.88. The van der Waals surface area contributed by atoms with Crippen LogP contribution in [-0.2, 0) is 9.53 Å². The van der Waals surface area contributed by atoms with Gasteiger partial charge in [0.05, 0.1) is 0 Å². The number of amides is 1. The summed E-state index contributed by atoms with van der Waals surface area (Å²) in [6.07, 6.45) is 2.06. The van der Waals surface area contributed by atoms with Gasteiger partial charge in [0.15, 0.2) is 0 Å². The lowest BCUT2D eigenvalue weighted by molar-refractivity contribution is -0.144. The first kappa shape index (κ1) is 12.4. The number of carbonyl (C=O) groups excluding carboxylic acids is 1. The van der Waals surface area contributed by atoms with Crippen LogP contribution in [0.15, 0.2) is 0 Å². The Morgan fingerprint density at radius 3 is 2.94 bits per heavy atom. The summed E-state index contributed by atoms with van der Waals surface area (Å²) in [6.45, 7) is 7.91. The summed E-state index contributed by atoms with van der Waals surface area (Å²) in [5.74, 6) is 1.61. The van der Waals surface area contributed by atoms with E-state index in [0.717, 1.165) is 32.7 Å². The summed E-state index contributed by atoms with van der Waals surface area (Å²) < 4.78 is 5.46. The maximum absolute atomic E-state index is 12.8. The Labute approximate surface area is 109 Å². The molecule has 0 saturated carbocycles. The second-order valence-corrected chi connectivity index (χ2v) is 6.26. The average molecular weight is 252 g/mol. The van der Waals surface area contributed by atoms with Crippen molar-refractivity contribution >= 4 is 5.91 Å². The minimum atomic E-state index is 0.181. The van der Waals surface area contributed by atoms with Crippen LogP contribution in [0.1, 0.15) is 26.7 Å². The molecule has 0 aromatic rings. The normalized spacial score (nSPS) is 44.1. The maximum atomic E-state index is 12.8. The first-order chi connectivity index (χ1) is 8.68. The van der Waals surface area contributed by atoms with E-state index >= 15 is 0 Å². The van der Waals surface area contributed by atoms with Crippen LogP contribution in [0.4, 0.5) is 0 Å². The first-order valence-corrected chi connectivity index (χ1v) is 7.29. The lowest BCUT2D eigenvalue weighted by Crippen LogP contribution is -2.48. The Bertz CT molecular complexity index is 334. The van der Waals surface area contributed by atoms with Crippen molar-refractivity contribution < 1.29 is 9.53 Å². The van der Waals surface area contributed by atoms with Crippen molar-refractivity contribution in [1.29, 1.82) is 0 Å². The second-order valence-electron chi connectivity index (χ2n) is 6.26. The molecule has 0 spiro atoms. The molecule has 3 rings (SSSR count). The largest absolute Gasteiger partial charge is 0.381 e. The van der Waals surface area contributed by atoms with Crippen LogP contribution in [0.5, 0.6) is 0 Å². The molecule has 0 radical (unpaired) electrons. The summed E-state index contributed by atoms with van der Waals surface area (Å²) in [4.78, 5) is 15.0. The molecular weight excluding hydrogens is 228 g/mol. The molecule has 1 amide bonds. The smallest absolute Gasteiger partial charge is 0.226 e. The molecule has 18 heavy (non-hydrogen) atoms. The molecule has 0 aromatic carbocycles. The van der Waals surface area contributed by atoms with E-state index in [1.165, 1.54) is 6.42 Å². The van der Waals surface area contributed by atoms with Gasteiger partial charge in [-0.3, -0.25) is 4.79 Å². The standard InChI is InChI=1S/C14H24N2O2/c1-9-8-18-4-3-12(9)14(17)16-10(2)5-11-6-15-7-13(11)16/h9-13,15H,3-8H2,1-2H3. The van der Waals surface area contributed by atoms with Crippen molar-refractivity contribution in [3.63, 3.8) is 0 Å². The van der Waals surface area contributed by atoms with Gasteiger partial charge >= 0.3 is 0 Å². The highest BCUT2D eigenvalue weighted by Crippen LogP contribution is 2.35. The fourth-order valence-electron chi connectivity index (χ4n) is 3.98. The monoisotopic (exact) mass is 252 g/mol. The molecule has 3 heterocycles. The Hall–Kier alpha value is -0.610. The van der Waals surface area contributed by atoms with Crippen LogP contribution in [0.25, 0.3) is 0 Å². The van der Waals surface area contributed by atoms with Crippen LogP contribution < -0.4 is 5.32 Å². The quantitative estimate of drug-likeness (QED) is 0.753. The highest BCUT2D eigenvalue weighted by atomic mass is 16.5. The SMILES string of the molecule is CC1COCCC1C(=O)N1C(C)CC2CNCC21. The van der Waals surface area contributed by atoms with E-state index in [9.17, 15) is 4.79 Å². The van der Waals surface area contributed by atoms with Crippen LogP contribution in [0.2, 0.25) is 0 Å². The Balaban J connectivity index is 1.74. The number of likely N-dealkylation sites (tertiary alicyclic amines) is 1. The lowest BCUT2D eigenvalue weighted by Gasteiger charge is -2.35. The summed E-state index contributed by atoms with van der Waals surface area (Å²) in [7, 11) is 0. The molecule has 5 unspecified atom stereocenters. The second kappa shape index (κ2) is 4.82. The van der Waals surface area contributed by atoms with Gasteiger partial charge in [-0.05, 0) is 31.6 Å². The highest BCUT2D eigenvalue weighted by molar-refractivity contribution is 5.80. The van der Waals surface area contributed by atoms with Crippen molar-refractivity contribution in [2.45, 2.75) is 38.8 Å². The molecule has 102 valence electrons. The van der Waals surface area contributed by atoms with Crippen molar-refractivity contribution in [3.05, 3.63) is 0 Å². The van der Waals surface area contributed by atoms with Gasteiger partial charge in [-0.2, -0.15) is 0 Å². The summed E-state index contributed by atoms with van der Waals surface area (Å²) in [5, 5.41) is 3.43. The molecule has 0 bridgehead atoms. The number of rotatable bonds is 1. The topological polar surface area (TPSA) is 41.6 Å². The Kier molecular flexibility index (Phi) is 3.32. The van der Waals surface area contributed by atoms with Gasteiger partial charge in [0.25, 0.3) is 0 Å². The third-order valence-corrected chi connectivity index (χ3v) is 4.99. The maximum Gasteiger partial charge on any atom is 0.226 e. The van der Waals surface area contributed by atoms with E-state index in [-0.39, 0.29) is 5.92 Å². The predicted octanol–water partition coefficient (Wildman–Crippen LogP) is 0.868. The van der Waals surface area contributed by atoms with Crippen molar-refractivity contribution in [2.75, 3.05) is 26.3 Å². The van der Waals surface area contributed by atoms with E-state index in [4.69, 9.17) is 4.74 Å². The van der Waals surface area contributed by atoms with Gasteiger partial charge in [0, 0.05) is 44.3 Å². The summed E-state index contributed by atoms with van der Waals surface area (Å²) in [6, 6.07) is 0.868. The van der Waals surface area contributed by atoms with Crippen LogP contribution >= 0.6 is 0 Å². The van der Waals surface area contributed by atoms with E-state index in [0.29, 0.717) is 29.8 Å². The van der Waals surface area contributed by atoms with Crippen LogP contribution in [0, 0.1) is 17.8 Å². The molecule has 3 aliphatic rings. The van der Waals surface area contributed by atoms with Gasteiger partial charge in [-0.15, -0.1) is 0 Å². The van der Waals surface area contributed by atoms with Gasteiger partial charge in [-0.1, -0.05) is 6.92 Å². The molecule has 4 nitrogen and oxygen atoms in total. The lowest BCUT2D eigenvalue weighted by atomic mass is 9.88. The molecule has 1 N–H and O–H groups in total. The van der Waals surface area contributed by atoms with Crippen molar-refractivity contribution in [1.82, 2.24) is 10.2 Å². The molecule has 3 fully saturated rings. The van der Waals surface area contributed by atoms with E-state index in [2.05, 4.69) is 24.1 Å². The Morgan fingerprint density at radius 2 is 2.17 bits per heavy atom. The fourth-order valence-corrected chi connectivity index (χ4v) is 3.98. The third-order valence-electron chi connectivity index (χ3n) is 4.99. The fraction of sp³-hybridized carbons (Fsp3) is 0.929. The molecular formula is C14H24N2O2. The summed E-state index contributed by atoms with van der Waals surface area (Å²) in [5.41, 5.74) is 0. The summed E-state index contributed by atoms with van der Waals surface area (Å²) >= 11 is 0. The number of hydrogen-bond donors (Lipinski definition) is 1. The molecule has 4 heteroatoms.